The largest absolute Gasteiger partial charge is 0.463 e. The van der Waals surface area contributed by atoms with Crippen LogP contribution in [0.2, 0.25) is 0 Å². The zero-order valence-corrected chi connectivity index (χ0v) is 12.9. The predicted octanol–water partition coefficient (Wildman–Crippen LogP) is 5.48. The second kappa shape index (κ2) is 6.12. The van der Waals surface area contributed by atoms with Gasteiger partial charge in [-0.05, 0) is 24.4 Å². The highest BCUT2D eigenvalue weighted by Crippen LogP contribution is 2.31. The molecular formula is C17H12F3NOS. The average molecular weight is 335 g/mol. The summed E-state index contributed by atoms with van der Waals surface area (Å²) in [7, 11) is 0. The van der Waals surface area contributed by atoms with Gasteiger partial charge in [-0.25, -0.2) is 0 Å². The maximum Gasteiger partial charge on any atom is 0.463 e. The number of hydrogen-bond donors (Lipinski definition) is 0. The molecule has 23 heavy (non-hydrogen) atoms. The van der Waals surface area contributed by atoms with E-state index < -0.39 is 17.5 Å². The summed E-state index contributed by atoms with van der Waals surface area (Å²) >= 11 is -0.457. The summed E-state index contributed by atoms with van der Waals surface area (Å²) in [4.78, 5) is 0. The van der Waals surface area contributed by atoms with Gasteiger partial charge in [-0.2, -0.15) is 17.6 Å². The van der Waals surface area contributed by atoms with Crippen LogP contribution in [0.15, 0.2) is 63.4 Å². The van der Waals surface area contributed by atoms with Crippen LogP contribution in [-0.4, -0.2) is 5.51 Å². The van der Waals surface area contributed by atoms with Gasteiger partial charge < -0.3 is 4.42 Å². The quantitative estimate of drug-likeness (QED) is 0.580. The van der Waals surface area contributed by atoms with E-state index in [1.165, 1.54) is 0 Å². The van der Waals surface area contributed by atoms with Crippen LogP contribution in [0.3, 0.4) is 0 Å². The van der Waals surface area contributed by atoms with Crippen LogP contribution in [0, 0.1) is 6.92 Å². The number of nitrogens with zero attached hydrogens (tertiary/aromatic N) is 1. The standard InChI is InChI=1S/C17H12F3NOS/c1-11-7-8-13-10-15(12-5-3-2-4-6-12)22-16(14(13)9-11)21-23-17(18,19)20/h2-10H,1H3. The zero-order valence-electron chi connectivity index (χ0n) is 12.1. The normalized spacial score (nSPS) is 12.8. The van der Waals surface area contributed by atoms with Gasteiger partial charge >= 0.3 is 5.51 Å². The molecule has 0 spiro atoms. The molecule has 0 amide bonds. The lowest BCUT2D eigenvalue weighted by atomic mass is 10.1. The lowest BCUT2D eigenvalue weighted by Crippen LogP contribution is -2.06. The van der Waals surface area contributed by atoms with E-state index >= 15 is 0 Å². The van der Waals surface area contributed by atoms with Crippen molar-refractivity contribution in [1.29, 1.82) is 0 Å². The first-order valence-electron chi connectivity index (χ1n) is 6.81. The maximum absolute atomic E-state index is 12.5. The van der Waals surface area contributed by atoms with E-state index in [9.17, 15) is 13.2 Å². The summed E-state index contributed by atoms with van der Waals surface area (Å²) in [6, 6.07) is 16.5. The van der Waals surface area contributed by atoms with Crippen molar-refractivity contribution < 1.29 is 17.6 Å². The van der Waals surface area contributed by atoms with Gasteiger partial charge in [0.1, 0.15) is 5.76 Å². The highest BCUT2D eigenvalue weighted by molar-refractivity contribution is 7.98. The van der Waals surface area contributed by atoms with E-state index in [1.54, 1.807) is 12.1 Å². The van der Waals surface area contributed by atoms with Crippen molar-refractivity contribution in [3.63, 3.8) is 0 Å². The molecule has 0 N–H and O–H groups in total. The molecule has 0 aliphatic carbocycles. The highest BCUT2D eigenvalue weighted by Gasteiger charge is 2.29. The summed E-state index contributed by atoms with van der Waals surface area (Å²) < 4.78 is 46.6. The molecule has 3 rings (SSSR count). The van der Waals surface area contributed by atoms with Crippen LogP contribution in [0.25, 0.3) is 22.1 Å². The van der Waals surface area contributed by atoms with Gasteiger partial charge in [0, 0.05) is 10.9 Å². The Morgan fingerprint density at radius 3 is 2.43 bits per heavy atom. The van der Waals surface area contributed by atoms with Crippen LogP contribution in [0.5, 0.6) is 0 Å². The molecule has 118 valence electrons. The van der Waals surface area contributed by atoms with Crippen LogP contribution in [-0.2, 0) is 0 Å². The van der Waals surface area contributed by atoms with Crippen LogP contribution in [0.1, 0.15) is 5.56 Å². The second-order valence-electron chi connectivity index (χ2n) is 5.00. The molecule has 1 heterocycles. The molecule has 0 saturated carbocycles. The van der Waals surface area contributed by atoms with Crippen molar-refractivity contribution >= 4 is 22.7 Å². The average Bonchev–Trinajstić information content (AvgIpc) is 2.52. The fraction of sp³-hybridized carbons (Fsp3) is 0.118. The first-order chi connectivity index (χ1) is 10.9. The monoisotopic (exact) mass is 335 g/mol. The lowest BCUT2D eigenvalue weighted by Gasteiger charge is -2.06. The second-order valence-corrected chi connectivity index (χ2v) is 5.83. The van der Waals surface area contributed by atoms with Crippen molar-refractivity contribution in [2.75, 3.05) is 0 Å². The number of halogens is 3. The third kappa shape index (κ3) is 3.76. The smallest absolute Gasteiger partial charge is 0.437 e. The minimum Gasteiger partial charge on any atom is -0.437 e. The van der Waals surface area contributed by atoms with Crippen molar-refractivity contribution in [3.8, 4) is 11.3 Å². The van der Waals surface area contributed by atoms with Crippen molar-refractivity contribution in [2.24, 2.45) is 4.40 Å². The Morgan fingerprint density at radius 1 is 1.00 bits per heavy atom. The molecule has 0 fully saturated rings. The molecule has 6 heteroatoms. The van der Waals surface area contributed by atoms with E-state index in [0.717, 1.165) is 16.5 Å². The summed E-state index contributed by atoms with van der Waals surface area (Å²) in [5, 5.41) is 1.34. The van der Waals surface area contributed by atoms with Crippen molar-refractivity contribution in [3.05, 3.63) is 65.7 Å². The molecule has 0 atom stereocenters. The van der Waals surface area contributed by atoms with Crippen LogP contribution >= 0.6 is 11.9 Å². The molecule has 0 unspecified atom stereocenters. The summed E-state index contributed by atoms with van der Waals surface area (Å²) in [5.74, 6) is 0.475. The number of alkyl halides is 3. The number of rotatable bonds is 2. The third-order valence-electron chi connectivity index (χ3n) is 3.22. The van der Waals surface area contributed by atoms with Gasteiger partial charge in [0.2, 0.25) is 5.55 Å². The number of hydrogen-bond acceptors (Lipinski definition) is 3. The lowest BCUT2D eigenvalue weighted by molar-refractivity contribution is -0.0328. The molecule has 0 aliphatic heterocycles. The number of benzene rings is 2. The molecule has 3 aromatic rings. The summed E-state index contributed by atoms with van der Waals surface area (Å²) in [6.07, 6.45) is 0. The third-order valence-corrected chi connectivity index (χ3v) is 3.69. The Balaban J connectivity index is 2.24. The summed E-state index contributed by atoms with van der Waals surface area (Å²) in [6.45, 7) is 1.87. The Morgan fingerprint density at radius 2 is 1.74 bits per heavy atom. The summed E-state index contributed by atoms with van der Waals surface area (Å²) in [5.41, 5.74) is -2.78. The first kappa shape index (κ1) is 15.7. The fourth-order valence-corrected chi connectivity index (χ4v) is 2.54. The Hall–Kier alpha value is -2.21. The first-order valence-corrected chi connectivity index (χ1v) is 7.58. The van der Waals surface area contributed by atoms with Gasteiger partial charge in [0.15, 0.2) is 0 Å². The number of aryl methyl sites for hydroxylation is 1. The van der Waals surface area contributed by atoms with E-state index in [1.807, 2.05) is 49.4 Å². The van der Waals surface area contributed by atoms with Gasteiger partial charge in [0.25, 0.3) is 0 Å². The molecule has 0 bridgehead atoms. The van der Waals surface area contributed by atoms with E-state index in [4.69, 9.17) is 4.42 Å². The minimum atomic E-state index is -4.45. The van der Waals surface area contributed by atoms with Crippen LogP contribution < -0.4 is 5.55 Å². The topological polar surface area (TPSA) is 25.5 Å². The Kier molecular flexibility index (Phi) is 4.17. The Labute approximate surface area is 134 Å². The molecule has 0 aliphatic rings. The van der Waals surface area contributed by atoms with Gasteiger partial charge in [-0.3, -0.25) is 0 Å². The fourth-order valence-electron chi connectivity index (χ4n) is 2.22. The van der Waals surface area contributed by atoms with Crippen molar-refractivity contribution in [2.45, 2.75) is 12.4 Å². The number of fused-ring (bicyclic) bond motifs is 1. The molecule has 1 aromatic heterocycles. The Bertz CT molecular complexity index is 901. The van der Waals surface area contributed by atoms with Gasteiger partial charge in [-0.1, -0.05) is 48.0 Å². The van der Waals surface area contributed by atoms with E-state index in [0.29, 0.717) is 11.1 Å². The van der Waals surface area contributed by atoms with Crippen molar-refractivity contribution in [1.82, 2.24) is 0 Å². The maximum atomic E-state index is 12.5. The predicted molar refractivity (Wildman–Crippen MR) is 85.6 cm³/mol. The molecule has 0 radical (unpaired) electrons. The molecule has 2 aromatic carbocycles. The molecular weight excluding hydrogens is 323 g/mol. The van der Waals surface area contributed by atoms with Gasteiger partial charge in [-0.15, -0.1) is 0 Å². The highest BCUT2D eigenvalue weighted by atomic mass is 32.2. The zero-order chi connectivity index (χ0) is 16.4. The van der Waals surface area contributed by atoms with Crippen LogP contribution in [0.4, 0.5) is 13.2 Å². The van der Waals surface area contributed by atoms with Gasteiger partial charge in [0.05, 0.1) is 11.9 Å². The van der Waals surface area contributed by atoms with E-state index in [-0.39, 0.29) is 5.55 Å². The minimum absolute atomic E-state index is 0.0348. The van der Waals surface area contributed by atoms with E-state index in [2.05, 4.69) is 4.40 Å². The molecule has 0 saturated heterocycles. The molecule has 2 nitrogen and oxygen atoms in total. The SMILES string of the molecule is Cc1ccc2cc(-c3ccccc3)oc(=NSC(F)(F)F)c2c1.